The van der Waals surface area contributed by atoms with E-state index in [0.29, 0.717) is 22.5 Å². The Kier molecular flexibility index (Phi) is 8.40. The average molecular weight is 459 g/mol. The molecule has 0 fully saturated rings. The van der Waals surface area contributed by atoms with E-state index in [2.05, 4.69) is 16.0 Å². The number of amides is 3. The maximum atomic E-state index is 12.7. The van der Waals surface area contributed by atoms with Gasteiger partial charge in [0.05, 0.1) is 6.54 Å². The first-order valence-electron chi connectivity index (χ1n) is 11.2. The summed E-state index contributed by atoms with van der Waals surface area (Å²) in [7, 11) is 1.72. The molecule has 3 amide bonds. The highest BCUT2D eigenvalue weighted by molar-refractivity contribution is 6.06. The van der Waals surface area contributed by atoms with Crippen LogP contribution in [0.15, 0.2) is 78.9 Å². The van der Waals surface area contributed by atoms with Crippen LogP contribution in [0, 0.1) is 0 Å². The first-order valence-corrected chi connectivity index (χ1v) is 11.2. The summed E-state index contributed by atoms with van der Waals surface area (Å²) in [6.45, 7) is 4.00. The number of hydrogen-bond donors (Lipinski definition) is 3. The molecule has 3 N–H and O–H groups in total. The zero-order valence-electron chi connectivity index (χ0n) is 19.7. The fourth-order valence-corrected chi connectivity index (χ4v) is 3.23. The van der Waals surface area contributed by atoms with E-state index >= 15 is 0 Å². The molecule has 0 aliphatic rings. The number of anilines is 3. The second-order valence-corrected chi connectivity index (χ2v) is 8.04. The van der Waals surface area contributed by atoms with Crippen molar-refractivity contribution in [3.05, 3.63) is 90.0 Å². The van der Waals surface area contributed by atoms with Crippen molar-refractivity contribution in [1.82, 2.24) is 5.32 Å². The first kappa shape index (κ1) is 24.5. The number of carbonyl (C=O) groups excluding carboxylic acids is 3. The van der Waals surface area contributed by atoms with Crippen molar-refractivity contribution in [1.29, 1.82) is 0 Å². The molecule has 34 heavy (non-hydrogen) atoms. The number of hydrogen-bond acceptors (Lipinski definition) is 4. The second-order valence-electron chi connectivity index (χ2n) is 8.04. The molecule has 0 saturated heterocycles. The zero-order chi connectivity index (χ0) is 24.5. The Morgan fingerprint density at radius 3 is 2.24 bits per heavy atom. The number of carbonyl (C=O) groups is 3. The van der Waals surface area contributed by atoms with Gasteiger partial charge in [-0.05, 0) is 67.9 Å². The quantitative estimate of drug-likeness (QED) is 0.439. The van der Waals surface area contributed by atoms with Crippen molar-refractivity contribution in [2.24, 2.45) is 0 Å². The molecule has 1 unspecified atom stereocenters. The third-order valence-electron chi connectivity index (χ3n) is 5.43. The van der Waals surface area contributed by atoms with Gasteiger partial charge in [-0.1, -0.05) is 31.2 Å². The lowest BCUT2D eigenvalue weighted by Gasteiger charge is -2.17. The van der Waals surface area contributed by atoms with E-state index in [1.807, 2.05) is 44.2 Å². The van der Waals surface area contributed by atoms with Crippen LogP contribution in [0.5, 0.6) is 0 Å². The fourth-order valence-electron chi connectivity index (χ4n) is 3.23. The standard InChI is InChI=1S/C27H30N4O3/c1-4-19(2)29-26(33)21-9-8-10-23(17-21)28-18-25(32)30-22-15-13-20(14-16-22)27(34)31(3)24-11-6-5-7-12-24/h5-17,19,28H,4,18H2,1-3H3,(H,29,33)(H,30,32). The largest absolute Gasteiger partial charge is 0.376 e. The maximum absolute atomic E-state index is 12.7. The molecule has 0 saturated carbocycles. The first-order chi connectivity index (χ1) is 16.4. The van der Waals surface area contributed by atoms with E-state index in [1.165, 1.54) is 0 Å². The van der Waals surface area contributed by atoms with Gasteiger partial charge in [0.2, 0.25) is 5.91 Å². The van der Waals surface area contributed by atoms with E-state index < -0.39 is 0 Å². The van der Waals surface area contributed by atoms with Gasteiger partial charge in [0.25, 0.3) is 11.8 Å². The third kappa shape index (κ3) is 6.68. The maximum Gasteiger partial charge on any atom is 0.258 e. The molecular formula is C27H30N4O3. The average Bonchev–Trinajstić information content (AvgIpc) is 2.87. The molecular weight excluding hydrogens is 428 g/mol. The smallest absolute Gasteiger partial charge is 0.258 e. The van der Waals surface area contributed by atoms with Gasteiger partial charge < -0.3 is 20.9 Å². The lowest BCUT2D eigenvalue weighted by molar-refractivity contribution is -0.114. The number of nitrogens with one attached hydrogen (secondary N) is 3. The van der Waals surface area contributed by atoms with Crippen LogP contribution in [0.1, 0.15) is 41.0 Å². The minimum absolute atomic E-state index is 0.0356. The Bertz CT molecular complexity index is 1130. The molecule has 1 atom stereocenters. The van der Waals surface area contributed by atoms with E-state index in [4.69, 9.17) is 0 Å². The second kappa shape index (κ2) is 11.7. The van der Waals surface area contributed by atoms with Gasteiger partial charge in [0.15, 0.2) is 0 Å². The predicted molar refractivity (Wildman–Crippen MR) is 136 cm³/mol. The summed E-state index contributed by atoms with van der Waals surface area (Å²) in [5, 5.41) is 8.77. The molecule has 3 aromatic rings. The number of para-hydroxylation sites is 1. The van der Waals surface area contributed by atoms with Crippen molar-refractivity contribution >= 4 is 34.8 Å². The molecule has 3 aromatic carbocycles. The van der Waals surface area contributed by atoms with Crippen LogP contribution in [0.4, 0.5) is 17.1 Å². The van der Waals surface area contributed by atoms with Crippen LogP contribution < -0.4 is 20.9 Å². The summed E-state index contributed by atoms with van der Waals surface area (Å²) in [5.74, 6) is -0.520. The topological polar surface area (TPSA) is 90.5 Å². The van der Waals surface area contributed by atoms with Gasteiger partial charge in [0, 0.05) is 41.3 Å². The van der Waals surface area contributed by atoms with Crippen LogP contribution >= 0.6 is 0 Å². The summed E-state index contributed by atoms with van der Waals surface area (Å²) in [6.07, 6.45) is 0.850. The van der Waals surface area contributed by atoms with Crippen LogP contribution in [-0.2, 0) is 4.79 Å². The Morgan fingerprint density at radius 2 is 1.56 bits per heavy atom. The monoisotopic (exact) mass is 458 g/mol. The Labute approximate surface area is 200 Å². The summed E-state index contributed by atoms with van der Waals surface area (Å²) in [6, 6.07) is 23.3. The molecule has 0 heterocycles. The molecule has 0 spiro atoms. The molecule has 0 bridgehead atoms. The molecule has 7 heteroatoms. The SMILES string of the molecule is CCC(C)NC(=O)c1cccc(NCC(=O)Nc2ccc(C(=O)N(C)c3ccccc3)cc2)c1. The van der Waals surface area contributed by atoms with Crippen molar-refractivity contribution in [2.45, 2.75) is 26.3 Å². The highest BCUT2D eigenvalue weighted by Gasteiger charge is 2.14. The summed E-state index contributed by atoms with van der Waals surface area (Å²) >= 11 is 0. The van der Waals surface area contributed by atoms with E-state index in [0.717, 1.165) is 12.1 Å². The van der Waals surface area contributed by atoms with E-state index in [9.17, 15) is 14.4 Å². The van der Waals surface area contributed by atoms with Gasteiger partial charge in [-0.15, -0.1) is 0 Å². The van der Waals surface area contributed by atoms with Gasteiger partial charge in [0.1, 0.15) is 0 Å². The van der Waals surface area contributed by atoms with E-state index in [1.54, 1.807) is 60.5 Å². The lowest BCUT2D eigenvalue weighted by atomic mass is 10.1. The predicted octanol–water partition coefficient (Wildman–Crippen LogP) is 4.54. The fraction of sp³-hybridized carbons (Fsp3) is 0.222. The minimum atomic E-state index is -0.241. The molecule has 176 valence electrons. The van der Waals surface area contributed by atoms with Gasteiger partial charge in [-0.25, -0.2) is 0 Å². The van der Waals surface area contributed by atoms with Crippen molar-refractivity contribution in [3.8, 4) is 0 Å². The molecule has 0 radical (unpaired) electrons. The normalized spacial score (nSPS) is 11.3. The molecule has 0 aliphatic carbocycles. The van der Waals surface area contributed by atoms with Gasteiger partial charge >= 0.3 is 0 Å². The summed E-state index contributed by atoms with van der Waals surface area (Å²) < 4.78 is 0. The Morgan fingerprint density at radius 1 is 0.853 bits per heavy atom. The highest BCUT2D eigenvalue weighted by Crippen LogP contribution is 2.17. The van der Waals surface area contributed by atoms with Crippen molar-refractivity contribution in [2.75, 3.05) is 29.1 Å². The van der Waals surface area contributed by atoms with Crippen LogP contribution in [-0.4, -0.2) is 37.4 Å². The lowest BCUT2D eigenvalue weighted by Crippen LogP contribution is -2.31. The molecule has 7 nitrogen and oxygen atoms in total. The van der Waals surface area contributed by atoms with Gasteiger partial charge in [-0.3, -0.25) is 14.4 Å². The highest BCUT2D eigenvalue weighted by atomic mass is 16.2. The molecule has 0 aromatic heterocycles. The molecule has 0 aliphatic heterocycles. The summed E-state index contributed by atoms with van der Waals surface area (Å²) in [4.78, 5) is 38.9. The summed E-state index contributed by atoms with van der Waals surface area (Å²) in [5.41, 5.74) is 3.13. The number of rotatable bonds is 9. The zero-order valence-corrected chi connectivity index (χ0v) is 19.7. The van der Waals surface area contributed by atoms with Crippen LogP contribution in [0.3, 0.4) is 0 Å². The third-order valence-corrected chi connectivity index (χ3v) is 5.43. The number of nitrogens with zero attached hydrogens (tertiary/aromatic N) is 1. The number of benzene rings is 3. The van der Waals surface area contributed by atoms with Gasteiger partial charge in [-0.2, -0.15) is 0 Å². The Hall–Kier alpha value is -4.13. The minimum Gasteiger partial charge on any atom is -0.376 e. The van der Waals surface area contributed by atoms with Crippen molar-refractivity contribution < 1.29 is 14.4 Å². The molecule has 3 rings (SSSR count). The van der Waals surface area contributed by atoms with Crippen molar-refractivity contribution in [3.63, 3.8) is 0 Å². The van der Waals surface area contributed by atoms with Crippen LogP contribution in [0.25, 0.3) is 0 Å². The Balaban J connectivity index is 1.53. The van der Waals surface area contributed by atoms with Crippen LogP contribution in [0.2, 0.25) is 0 Å². The van der Waals surface area contributed by atoms with E-state index in [-0.39, 0.29) is 30.3 Å².